The van der Waals surface area contributed by atoms with Gasteiger partial charge in [-0.1, -0.05) is 0 Å². The molecule has 122 valence electrons. The van der Waals surface area contributed by atoms with Crippen LogP contribution in [-0.2, 0) is 16.1 Å². The quantitative estimate of drug-likeness (QED) is 0.815. The minimum absolute atomic E-state index is 0.152. The van der Waals surface area contributed by atoms with Crippen molar-refractivity contribution in [2.45, 2.75) is 20.4 Å². The monoisotopic (exact) mass is 336 g/mol. The second kappa shape index (κ2) is 7.59. The van der Waals surface area contributed by atoms with Gasteiger partial charge in [0.2, 0.25) is 0 Å². The van der Waals surface area contributed by atoms with Crippen LogP contribution in [0, 0.1) is 13.8 Å². The van der Waals surface area contributed by atoms with Crippen molar-refractivity contribution in [3.05, 3.63) is 45.5 Å². The Balaban J connectivity index is 1.73. The highest BCUT2D eigenvalue weighted by Gasteiger charge is 2.16. The van der Waals surface area contributed by atoms with Crippen LogP contribution < -0.4 is 10.6 Å². The molecule has 0 unspecified atom stereocenters. The van der Waals surface area contributed by atoms with E-state index in [-0.39, 0.29) is 6.54 Å². The van der Waals surface area contributed by atoms with Gasteiger partial charge >= 0.3 is 12.0 Å². The first-order valence-electron chi connectivity index (χ1n) is 6.80. The maximum absolute atomic E-state index is 11.8. The summed E-state index contributed by atoms with van der Waals surface area (Å²) in [4.78, 5) is 36.7. The fourth-order valence-electron chi connectivity index (χ4n) is 1.83. The molecule has 2 heterocycles. The fraction of sp³-hybridized carbons (Fsp3) is 0.267. The number of hydrogen-bond donors (Lipinski definition) is 2. The third-order valence-electron chi connectivity index (χ3n) is 2.85. The van der Waals surface area contributed by atoms with Gasteiger partial charge in [0.1, 0.15) is 5.76 Å². The van der Waals surface area contributed by atoms with Crippen molar-refractivity contribution in [1.82, 2.24) is 10.6 Å². The first-order chi connectivity index (χ1) is 11.0. The maximum Gasteiger partial charge on any atom is 0.339 e. The predicted octanol–water partition coefficient (Wildman–Crippen LogP) is 2.14. The molecule has 0 saturated carbocycles. The van der Waals surface area contributed by atoms with Gasteiger partial charge in [0.05, 0.1) is 18.4 Å². The zero-order valence-electron chi connectivity index (χ0n) is 12.7. The summed E-state index contributed by atoms with van der Waals surface area (Å²) in [5.74, 6) is -0.736. The zero-order valence-corrected chi connectivity index (χ0v) is 13.5. The molecule has 2 aromatic rings. The molecule has 2 N–H and O–H groups in total. The molecule has 0 aromatic carbocycles. The third-order valence-corrected chi connectivity index (χ3v) is 3.82. The molecule has 2 rings (SSSR count). The van der Waals surface area contributed by atoms with Gasteiger partial charge in [0, 0.05) is 9.75 Å². The number of aryl methyl sites for hydroxylation is 2. The van der Waals surface area contributed by atoms with E-state index < -0.39 is 24.5 Å². The summed E-state index contributed by atoms with van der Waals surface area (Å²) in [5, 5.41) is 4.51. The van der Waals surface area contributed by atoms with Crippen molar-refractivity contribution >= 4 is 29.2 Å². The molecule has 3 amide bonds. The number of ether oxygens (including phenoxy) is 1. The number of imide groups is 1. The minimum atomic E-state index is -0.708. The van der Waals surface area contributed by atoms with Crippen molar-refractivity contribution in [3.8, 4) is 0 Å². The maximum atomic E-state index is 11.8. The Labute approximate surface area is 136 Å². The SMILES string of the molecule is Cc1cc(C(=O)OCC(=O)NC(=O)NCc2ccco2)c(C)s1. The highest BCUT2D eigenvalue weighted by Crippen LogP contribution is 2.21. The van der Waals surface area contributed by atoms with Gasteiger partial charge < -0.3 is 14.5 Å². The van der Waals surface area contributed by atoms with E-state index in [4.69, 9.17) is 9.15 Å². The lowest BCUT2D eigenvalue weighted by Crippen LogP contribution is -2.41. The number of amides is 3. The molecule has 0 aliphatic rings. The number of urea groups is 1. The first kappa shape index (κ1) is 16.8. The number of carbonyl (C=O) groups excluding carboxylic acids is 3. The first-order valence-corrected chi connectivity index (χ1v) is 7.61. The summed E-state index contributed by atoms with van der Waals surface area (Å²) < 4.78 is 9.93. The van der Waals surface area contributed by atoms with Gasteiger partial charge in [-0.3, -0.25) is 10.1 Å². The lowest BCUT2D eigenvalue weighted by atomic mass is 10.2. The van der Waals surface area contributed by atoms with Gasteiger partial charge in [0.15, 0.2) is 6.61 Å². The van der Waals surface area contributed by atoms with Crippen LogP contribution >= 0.6 is 11.3 Å². The molecular formula is C15H16N2O5S. The number of hydrogen-bond acceptors (Lipinski definition) is 6. The van der Waals surface area contributed by atoms with Crippen LogP contribution in [-0.4, -0.2) is 24.5 Å². The molecule has 0 aliphatic heterocycles. The smallest absolute Gasteiger partial charge is 0.339 e. The number of rotatable bonds is 5. The molecule has 0 saturated heterocycles. The number of furan rings is 1. The second-order valence-corrected chi connectivity index (χ2v) is 6.17. The van der Waals surface area contributed by atoms with Crippen LogP contribution in [0.15, 0.2) is 28.9 Å². The van der Waals surface area contributed by atoms with Gasteiger partial charge in [-0.15, -0.1) is 11.3 Å². The van der Waals surface area contributed by atoms with Crippen molar-refractivity contribution in [3.63, 3.8) is 0 Å². The molecule has 0 fully saturated rings. The zero-order chi connectivity index (χ0) is 16.8. The Morgan fingerprint density at radius 1 is 1.30 bits per heavy atom. The molecule has 0 atom stereocenters. The van der Waals surface area contributed by atoms with E-state index >= 15 is 0 Å². The average molecular weight is 336 g/mol. The van der Waals surface area contributed by atoms with Crippen LogP contribution in [0.25, 0.3) is 0 Å². The average Bonchev–Trinajstić information content (AvgIpc) is 3.12. The summed E-state index contributed by atoms with van der Waals surface area (Å²) in [5.41, 5.74) is 0.433. The second-order valence-electron chi connectivity index (χ2n) is 4.71. The Morgan fingerprint density at radius 3 is 2.70 bits per heavy atom. The van der Waals surface area contributed by atoms with Crippen LogP contribution in [0.2, 0.25) is 0 Å². The Kier molecular flexibility index (Phi) is 5.53. The van der Waals surface area contributed by atoms with E-state index in [9.17, 15) is 14.4 Å². The van der Waals surface area contributed by atoms with Gasteiger partial charge in [0.25, 0.3) is 5.91 Å². The molecule has 0 aliphatic carbocycles. The molecule has 7 nitrogen and oxygen atoms in total. The van der Waals surface area contributed by atoms with Crippen molar-refractivity contribution in [1.29, 1.82) is 0 Å². The van der Waals surface area contributed by atoms with Crippen LogP contribution in [0.4, 0.5) is 4.79 Å². The van der Waals surface area contributed by atoms with Crippen LogP contribution in [0.5, 0.6) is 0 Å². The number of carbonyl (C=O) groups is 3. The molecule has 0 radical (unpaired) electrons. The van der Waals surface area contributed by atoms with E-state index in [1.54, 1.807) is 25.1 Å². The van der Waals surface area contributed by atoms with Gasteiger partial charge in [-0.05, 0) is 32.0 Å². The normalized spacial score (nSPS) is 10.2. The van der Waals surface area contributed by atoms with E-state index in [0.717, 1.165) is 9.75 Å². The summed E-state index contributed by atoms with van der Waals surface area (Å²) in [6.07, 6.45) is 1.48. The van der Waals surface area contributed by atoms with Gasteiger partial charge in [-0.25, -0.2) is 9.59 Å². The molecule has 0 bridgehead atoms. The van der Waals surface area contributed by atoms with Crippen LogP contribution in [0.1, 0.15) is 25.9 Å². The highest BCUT2D eigenvalue weighted by atomic mass is 32.1. The van der Waals surface area contributed by atoms with Crippen molar-refractivity contribution in [2.75, 3.05) is 6.61 Å². The molecule has 2 aromatic heterocycles. The number of thiophene rings is 1. The third kappa shape index (κ3) is 4.96. The van der Waals surface area contributed by atoms with Gasteiger partial charge in [-0.2, -0.15) is 0 Å². The number of esters is 1. The topological polar surface area (TPSA) is 97.6 Å². The Morgan fingerprint density at radius 2 is 2.09 bits per heavy atom. The number of nitrogens with one attached hydrogen (secondary N) is 2. The van der Waals surface area contributed by atoms with Crippen molar-refractivity contribution in [2.24, 2.45) is 0 Å². The highest BCUT2D eigenvalue weighted by molar-refractivity contribution is 7.12. The Bertz CT molecular complexity index is 706. The summed E-state index contributed by atoms with van der Waals surface area (Å²) in [6.45, 7) is 3.31. The summed E-state index contributed by atoms with van der Waals surface area (Å²) in [7, 11) is 0. The fourth-order valence-corrected chi connectivity index (χ4v) is 2.74. The van der Waals surface area contributed by atoms with E-state index in [1.807, 2.05) is 6.92 Å². The molecule has 0 spiro atoms. The summed E-state index contributed by atoms with van der Waals surface area (Å²) >= 11 is 1.47. The minimum Gasteiger partial charge on any atom is -0.467 e. The molecule has 8 heteroatoms. The molecule has 23 heavy (non-hydrogen) atoms. The van der Waals surface area contributed by atoms with Crippen LogP contribution in [0.3, 0.4) is 0 Å². The lowest BCUT2D eigenvalue weighted by Gasteiger charge is -2.06. The Hall–Kier alpha value is -2.61. The lowest BCUT2D eigenvalue weighted by molar-refractivity contribution is -0.123. The predicted molar refractivity (Wildman–Crippen MR) is 83.2 cm³/mol. The van der Waals surface area contributed by atoms with E-state index in [1.165, 1.54) is 17.6 Å². The standard InChI is InChI=1S/C15H16N2O5S/c1-9-6-12(10(2)23-9)14(19)22-8-13(18)17-15(20)16-7-11-4-3-5-21-11/h3-6H,7-8H2,1-2H3,(H2,16,17,18,20). The summed E-state index contributed by atoms with van der Waals surface area (Å²) in [6, 6.07) is 4.39. The van der Waals surface area contributed by atoms with Crippen molar-refractivity contribution < 1.29 is 23.5 Å². The van der Waals surface area contributed by atoms with E-state index in [2.05, 4.69) is 10.6 Å². The largest absolute Gasteiger partial charge is 0.467 e. The van der Waals surface area contributed by atoms with E-state index in [0.29, 0.717) is 11.3 Å². The molecular weight excluding hydrogens is 320 g/mol.